The maximum Gasteiger partial charge on any atom is 0.129 e. The number of hydrogen-bond donors (Lipinski definition) is 2. The van der Waals surface area contributed by atoms with E-state index in [2.05, 4.69) is 29.1 Å². The molecule has 0 radical (unpaired) electrons. The fourth-order valence-corrected chi connectivity index (χ4v) is 2.82. The van der Waals surface area contributed by atoms with Crippen molar-refractivity contribution in [3.8, 4) is 0 Å². The number of rotatable bonds is 2. The summed E-state index contributed by atoms with van der Waals surface area (Å²) in [5.74, 6) is 0.384. The van der Waals surface area contributed by atoms with Crippen molar-refractivity contribution in [2.24, 2.45) is 0 Å². The van der Waals surface area contributed by atoms with Gasteiger partial charge in [-0.1, -0.05) is 18.2 Å². The highest BCUT2D eigenvalue weighted by molar-refractivity contribution is 5.57. The van der Waals surface area contributed by atoms with E-state index in [1.54, 1.807) is 12.3 Å². The number of fused-ring (bicyclic) bond motifs is 1. The van der Waals surface area contributed by atoms with Gasteiger partial charge in [0.15, 0.2) is 0 Å². The average Bonchev–Trinajstić information content (AvgIpc) is 2.47. The van der Waals surface area contributed by atoms with E-state index in [1.165, 1.54) is 11.3 Å². The van der Waals surface area contributed by atoms with E-state index in [-0.39, 0.29) is 0 Å². The van der Waals surface area contributed by atoms with Gasteiger partial charge in [-0.3, -0.25) is 0 Å². The Morgan fingerprint density at radius 2 is 2.20 bits per heavy atom. The molecule has 1 aliphatic rings. The van der Waals surface area contributed by atoms with E-state index in [1.807, 2.05) is 12.1 Å². The number of anilines is 2. The molecule has 1 aliphatic heterocycles. The van der Waals surface area contributed by atoms with Gasteiger partial charge in [-0.05, 0) is 36.1 Å². The fraction of sp³-hybridized carbons (Fsp3) is 0.312. The Hall–Kier alpha value is -2.07. The molecule has 2 aromatic rings. The smallest absolute Gasteiger partial charge is 0.129 e. The first-order chi connectivity index (χ1) is 9.66. The second kappa shape index (κ2) is 5.13. The minimum atomic E-state index is -0.721. The number of aromatic nitrogens is 1. The fourth-order valence-electron chi connectivity index (χ4n) is 2.82. The summed E-state index contributed by atoms with van der Waals surface area (Å²) >= 11 is 0. The number of nitrogen functional groups attached to an aromatic ring is 1. The van der Waals surface area contributed by atoms with Crippen LogP contribution in [0.15, 0.2) is 36.5 Å². The second-order valence-electron chi connectivity index (χ2n) is 5.29. The van der Waals surface area contributed by atoms with Gasteiger partial charge in [-0.25, -0.2) is 4.98 Å². The molecule has 1 aromatic carbocycles. The summed E-state index contributed by atoms with van der Waals surface area (Å²) in [4.78, 5) is 6.29. The molecule has 0 saturated heterocycles. The van der Waals surface area contributed by atoms with Gasteiger partial charge < -0.3 is 15.7 Å². The maximum absolute atomic E-state index is 10.5. The zero-order valence-electron chi connectivity index (χ0n) is 11.6. The summed E-state index contributed by atoms with van der Waals surface area (Å²) in [6.07, 6.45) is 3.12. The third kappa shape index (κ3) is 2.23. The lowest BCUT2D eigenvalue weighted by Gasteiger charge is -2.28. The molecule has 2 heterocycles. The van der Waals surface area contributed by atoms with Crippen molar-refractivity contribution >= 4 is 11.5 Å². The summed E-state index contributed by atoms with van der Waals surface area (Å²) in [6.45, 7) is 1.09. The number of hydrogen-bond acceptors (Lipinski definition) is 4. The first-order valence-corrected chi connectivity index (χ1v) is 6.89. The first kappa shape index (κ1) is 12.9. The minimum Gasteiger partial charge on any atom is -0.384 e. The lowest BCUT2D eigenvalue weighted by atomic mass is 9.95. The number of aliphatic hydroxyl groups is 1. The minimum absolute atomic E-state index is 0.384. The quantitative estimate of drug-likeness (QED) is 0.876. The van der Waals surface area contributed by atoms with Crippen molar-refractivity contribution in [3.63, 3.8) is 0 Å². The molecule has 4 nitrogen and oxygen atoms in total. The monoisotopic (exact) mass is 269 g/mol. The number of nitrogens with zero attached hydrogens (tertiary/aromatic N) is 2. The number of pyridine rings is 1. The van der Waals surface area contributed by atoms with Crippen LogP contribution in [0, 0.1) is 0 Å². The molecule has 0 fully saturated rings. The molecule has 3 N–H and O–H groups in total. The predicted octanol–water partition coefficient (Wildman–Crippen LogP) is 2.13. The molecule has 0 amide bonds. The maximum atomic E-state index is 10.5. The standard InChI is InChI=1S/C16H19N3O/c1-19-9-3-4-11-10-12(6-7-14(11)19)15(20)13-5-2-8-18-16(13)17/h2,5-8,10,15,20H,3-4,9H2,1H3,(H2,17,18). The zero-order chi connectivity index (χ0) is 14.1. The van der Waals surface area contributed by atoms with Crippen molar-refractivity contribution in [2.75, 3.05) is 24.2 Å². The van der Waals surface area contributed by atoms with Crippen LogP contribution in [0.5, 0.6) is 0 Å². The molecular formula is C16H19N3O. The second-order valence-corrected chi connectivity index (χ2v) is 5.29. The average molecular weight is 269 g/mol. The molecule has 3 rings (SSSR count). The van der Waals surface area contributed by atoms with E-state index < -0.39 is 6.10 Å². The van der Waals surface area contributed by atoms with Crippen molar-refractivity contribution in [1.29, 1.82) is 0 Å². The van der Waals surface area contributed by atoms with Crippen LogP contribution >= 0.6 is 0 Å². The number of aliphatic hydroxyl groups excluding tert-OH is 1. The lowest BCUT2D eigenvalue weighted by Crippen LogP contribution is -2.24. The van der Waals surface area contributed by atoms with Crippen LogP contribution in [0.25, 0.3) is 0 Å². The van der Waals surface area contributed by atoms with Gasteiger partial charge in [0.2, 0.25) is 0 Å². The Kier molecular flexibility index (Phi) is 3.32. The van der Waals surface area contributed by atoms with Gasteiger partial charge in [0.05, 0.1) is 0 Å². The molecule has 1 unspecified atom stereocenters. The number of nitrogens with two attached hydrogens (primary N) is 1. The predicted molar refractivity (Wildman–Crippen MR) is 80.7 cm³/mol. The Bertz CT molecular complexity index is 627. The molecule has 0 aliphatic carbocycles. The summed E-state index contributed by atoms with van der Waals surface area (Å²) in [5, 5.41) is 10.5. The van der Waals surface area contributed by atoms with Crippen LogP contribution in [-0.2, 0) is 6.42 Å². The van der Waals surface area contributed by atoms with Gasteiger partial charge in [0.1, 0.15) is 11.9 Å². The highest BCUT2D eigenvalue weighted by Crippen LogP contribution is 2.31. The van der Waals surface area contributed by atoms with E-state index >= 15 is 0 Å². The van der Waals surface area contributed by atoms with Crippen LogP contribution < -0.4 is 10.6 Å². The Morgan fingerprint density at radius 1 is 1.35 bits per heavy atom. The third-order valence-electron chi connectivity index (χ3n) is 3.94. The highest BCUT2D eigenvalue weighted by atomic mass is 16.3. The van der Waals surface area contributed by atoms with Crippen molar-refractivity contribution < 1.29 is 5.11 Å². The molecule has 0 saturated carbocycles. The van der Waals surface area contributed by atoms with Crippen LogP contribution in [0.1, 0.15) is 29.2 Å². The van der Waals surface area contributed by atoms with E-state index in [9.17, 15) is 5.11 Å². The molecule has 0 bridgehead atoms. The topological polar surface area (TPSA) is 62.4 Å². The van der Waals surface area contributed by atoms with Gasteiger partial charge in [-0.15, -0.1) is 0 Å². The van der Waals surface area contributed by atoms with Gasteiger partial charge in [0.25, 0.3) is 0 Å². The van der Waals surface area contributed by atoms with Crippen molar-refractivity contribution in [1.82, 2.24) is 4.98 Å². The molecule has 4 heteroatoms. The third-order valence-corrected chi connectivity index (χ3v) is 3.94. The largest absolute Gasteiger partial charge is 0.384 e. The van der Waals surface area contributed by atoms with Crippen molar-refractivity contribution in [3.05, 3.63) is 53.2 Å². The van der Waals surface area contributed by atoms with Crippen LogP contribution in [0.3, 0.4) is 0 Å². The highest BCUT2D eigenvalue weighted by Gasteiger charge is 2.18. The molecular weight excluding hydrogens is 250 g/mol. The lowest BCUT2D eigenvalue weighted by molar-refractivity contribution is 0.220. The van der Waals surface area contributed by atoms with Gasteiger partial charge >= 0.3 is 0 Å². The molecule has 104 valence electrons. The molecule has 1 atom stereocenters. The van der Waals surface area contributed by atoms with Gasteiger partial charge in [-0.2, -0.15) is 0 Å². The van der Waals surface area contributed by atoms with Gasteiger partial charge in [0, 0.05) is 31.0 Å². The normalized spacial score (nSPS) is 15.8. The van der Waals surface area contributed by atoms with E-state index in [0.29, 0.717) is 11.4 Å². The van der Waals surface area contributed by atoms with E-state index in [4.69, 9.17) is 5.73 Å². The molecule has 0 spiro atoms. The number of aryl methyl sites for hydroxylation is 1. The first-order valence-electron chi connectivity index (χ1n) is 6.89. The van der Waals surface area contributed by atoms with Crippen LogP contribution in [-0.4, -0.2) is 23.7 Å². The summed E-state index contributed by atoms with van der Waals surface area (Å²) in [7, 11) is 2.10. The Labute approximate surface area is 118 Å². The van der Waals surface area contributed by atoms with Crippen LogP contribution in [0.4, 0.5) is 11.5 Å². The zero-order valence-corrected chi connectivity index (χ0v) is 11.6. The van der Waals surface area contributed by atoms with Crippen molar-refractivity contribution in [2.45, 2.75) is 18.9 Å². The number of benzene rings is 1. The summed E-state index contributed by atoms with van der Waals surface area (Å²) in [5.41, 5.74) is 9.92. The Morgan fingerprint density at radius 3 is 3.00 bits per heavy atom. The molecule has 20 heavy (non-hydrogen) atoms. The van der Waals surface area contributed by atoms with Crippen LogP contribution in [0.2, 0.25) is 0 Å². The SMILES string of the molecule is CN1CCCc2cc(C(O)c3cccnc3N)ccc21. The Balaban J connectivity index is 1.97. The summed E-state index contributed by atoms with van der Waals surface area (Å²) < 4.78 is 0. The van der Waals surface area contributed by atoms with E-state index in [0.717, 1.165) is 24.9 Å². The summed E-state index contributed by atoms with van der Waals surface area (Å²) in [6, 6.07) is 9.75. The molecule has 1 aromatic heterocycles.